The number of benzene rings is 1. The van der Waals surface area contributed by atoms with Gasteiger partial charge in [0.25, 0.3) is 5.91 Å². The van der Waals surface area contributed by atoms with Crippen molar-refractivity contribution in [3.8, 4) is 6.01 Å². The lowest BCUT2D eigenvalue weighted by molar-refractivity contribution is -0.138. The fourth-order valence-electron chi connectivity index (χ4n) is 1.46. The highest BCUT2D eigenvalue weighted by Crippen LogP contribution is 2.35. The second-order valence-corrected chi connectivity index (χ2v) is 4.67. The molecule has 112 valence electrons. The van der Waals surface area contributed by atoms with Gasteiger partial charge in [-0.25, -0.2) is 5.10 Å². The molecule has 0 aliphatic carbocycles. The van der Waals surface area contributed by atoms with Gasteiger partial charge in [0.15, 0.2) is 0 Å². The number of aromatic amines is 1. The van der Waals surface area contributed by atoms with Crippen LogP contribution in [0.25, 0.3) is 0 Å². The summed E-state index contributed by atoms with van der Waals surface area (Å²) in [4.78, 5) is 15.6. The number of rotatable bonds is 3. The molecular weight excluding hydrogens is 357 g/mol. The normalized spacial score (nSPS) is 11.3. The molecule has 0 unspecified atom stereocenters. The van der Waals surface area contributed by atoms with Crippen LogP contribution in [0, 0.1) is 0 Å². The van der Waals surface area contributed by atoms with Crippen molar-refractivity contribution in [2.45, 2.75) is 6.18 Å². The summed E-state index contributed by atoms with van der Waals surface area (Å²) in [5.74, 6) is -0.792. The third-order valence-corrected chi connectivity index (χ3v) is 3.10. The summed E-state index contributed by atoms with van der Waals surface area (Å²) in [6, 6.07) is 3.14. The fraction of sp³-hybridized carbons (Fsp3) is 0.182. The van der Waals surface area contributed by atoms with Crippen LogP contribution in [0.2, 0.25) is 0 Å². The van der Waals surface area contributed by atoms with Gasteiger partial charge in [-0.1, -0.05) is 15.9 Å². The fourth-order valence-corrected chi connectivity index (χ4v) is 1.93. The molecule has 0 aliphatic heterocycles. The van der Waals surface area contributed by atoms with Gasteiger partial charge in [0.05, 0.1) is 12.7 Å². The van der Waals surface area contributed by atoms with Crippen LogP contribution in [0.1, 0.15) is 15.9 Å². The van der Waals surface area contributed by atoms with Gasteiger partial charge in [-0.2, -0.15) is 18.2 Å². The Bertz CT molecular complexity index is 672. The topological polar surface area (TPSA) is 79.9 Å². The molecule has 0 spiro atoms. The van der Waals surface area contributed by atoms with Crippen molar-refractivity contribution in [3.05, 3.63) is 33.8 Å². The maximum Gasteiger partial charge on any atom is 0.417 e. The number of aromatic nitrogens is 3. The van der Waals surface area contributed by atoms with E-state index < -0.39 is 17.6 Å². The summed E-state index contributed by atoms with van der Waals surface area (Å²) in [6.45, 7) is 0. The minimum Gasteiger partial charge on any atom is -0.466 e. The first kappa shape index (κ1) is 15.3. The van der Waals surface area contributed by atoms with E-state index in [9.17, 15) is 18.0 Å². The summed E-state index contributed by atoms with van der Waals surface area (Å²) in [6.07, 6.45) is -4.56. The average Bonchev–Trinajstić information content (AvgIpc) is 2.85. The van der Waals surface area contributed by atoms with Gasteiger partial charge in [-0.15, -0.1) is 5.10 Å². The maximum atomic E-state index is 12.8. The Morgan fingerprint density at radius 2 is 2.14 bits per heavy atom. The van der Waals surface area contributed by atoms with Crippen molar-refractivity contribution in [2.75, 3.05) is 12.4 Å². The molecule has 2 aromatic rings. The van der Waals surface area contributed by atoms with Gasteiger partial charge in [0.1, 0.15) is 0 Å². The van der Waals surface area contributed by atoms with E-state index in [-0.39, 0.29) is 22.0 Å². The standard InChI is InChI=1S/C11H8BrF3N4O2/c1-21-10-17-9(18-19-10)16-8(20)5-2-3-7(12)6(4-5)11(13,14)15/h2-4H,1H3,(H2,16,17,18,19,20). The smallest absolute Gasteiger partial charge is 0.417 e. The number of H-pyrrole nitrogens is 1. The molecule has 21 heavy (non-hydrogen) atoms. The lowest BCUT2D eigenvalue weighted by atomic mass is 10.1. The van der Waals surface area contributed by atoms with E-state index in [4.69, 9.17) is 4.74 Å². The molecule has 2 N–H and O–H groups in total. The van der Waals surface area contributed by atoms with E-state index in [0.717, 1.165) is 12.1 Å². The van der Waals surface area contributed by atoms with E-state index in [2.05, 4.69) is 36.4 Å². The van der Waals surface area contributed by atoms with Gasteiger partial charge in [0, 0.05) is 10.0 Å². The number of hydrogen-bond donors (Lipinski definition) is 2. The molecule has 0 fully saturated rings. The first-order valence-electron chi connectivity index (χ1n) is 5.45. The van der Waals surface area contributed by atoms with E-state index in [0.29, 0.717) is 0 Å². The van der Waals surface area contributed by atoms with Gasteiger partial charge >= 0.3 is 12.2 Å². The number of nitrogens with zero attached hydrogens (tertiary/aromatic N) is 2. The van der Waals surface area contributed by atoms with Crippen LogP contribution in [0.3, 0.4) is 0 Å². The van der Waals surface area contributed by atoms with Crippen LogP contribution < -0.4 is 10.1 Å². The maximum absolute atomic E-state index is 12.8. The molecule has 0 bridgehead atoms. The molecule has 6 nitrogen and oxygen atoms in total. The number of ether oxygens (including phenoxy) is 1. The lowest BCUT2D eigenvalue weighted by Crippen LogP contribution is -2.15. The number of nitrogens with one attached hydrogen (secondary N) is 2. The summed E-state index contributed by atoms with van der Waals surface area (Å²) in [7, 11) is 1.33. The number of anilines is 1. The third kappa shape index (κ3) is 3.51. The van der Waals surface area contributed by atoms with Gasteiger partial charge < -0.3 is 4.74 Å². The van der Waals surface area contributed by atoms with Crippen molar-refractivity contribution >= 4 is 27.8 Å². The van der Waals surface area contributed by atoms with Crippen molar-refractivity contribution < 1.29 is 22.7 Å². The van der Waals surface area contributed by atoms with Crippen LogP contribution in [-0.2, 0) is 6.18 Å². The average molecular weight is 365 g/mol. The predicted octanol–water partition coefficient (Wildman–Crippen LogP) is 2.85. The van der Waals surface area contributed by atoms with Crippen LogP contribution in [0.5, 0.6) is 6.01 Å². The summed E-state index contributed by atoms with van der Waals surface area (Å²) >= 11 is 2.80. The third-order valence-electron chi connectivity index (χ3n) is 2.41. The summed E-state index contributed by atoms with van der Waals surface area (Å²) in [5.41, 5.74) is -1.11. The predicted molar refractivity (Wildman–Crippen MR) is 70.0 cm³/mol. The molecule has 1 amide bonds. The second kappa shape index (κ2) is 5.72. The van der Waals surface area contributed by atoms with E-state index in [1.807, 2.05) is 0 Å². The molecule has 1 aromatic heterocycles. The Kier molecular flexibility index (Phi) is 4.16. The number of carbonyl (C=O) groups excluding carboxylic acids is 1. The summed E-state index contributed by atoms with van der Waals surface area (Å²) < 4.78 is 42.8. The van der Waals surface area contributed by atoms with Crippen molar-refractivity contribution in [1.29, 1.82) is 0 Å². The zero-order chi connectivity index (χ0) is 15.6. The van der Waals surface area contributed by atoms with Gasteiger partial charge in [-0.3, -0.25) is 10.1 Å². The number of halogens is 4. The minimum absolute atomic E-state index is 0.00270. The Balaban J connectivity index is 2.23. The minimum atomic E-state index is -4.56. The number of carbonyl (C=O) groups is 1. The molecule has 1 heterocycles. The summed E-state index contributed by atoms with van der Waals surface area (Å²) in [5, 5.41) is 8.24. The first-order chi connectivity index (χ1) is 9.81. The van der Waals surface area contributed by atoms with Gasteiger partial charge in [0.2, 0.25) is 5.95 Å². The van der Waals surface area contributed by atoms with E-state index >= 15 is 0 Å². The number of amides is 1. The van der Waals surface area contributed by atoms with Crippen molar-refractivity contribution in [2.24, 2.45) is 0 Å². The largest absolute Gasteiger partial charge is 0.466 e. The molecule has 0 radical (unpaired) electrons. The SMILES string of the molecule is COc1n[nH]c(NC(=O)c2ccc(Br)c(C(F)(F)F)c2)n1. The molecule has 0 atom stereocenters. The number of hydrogen-bond acceptors (Lipinski definition) is 4. The zero-order valence-electron chi connectivity index (χ0n) is 10.5. The molecule has 1 aromatic carbocycles. The lowest BCUT2D eigenvalue weighted by Gasteiger charge is -2.10. The number of alkyl halides is 3. The highest BCUT2D eigenvalue weighted by atomic mass is 79.9. The van der Waals surface area contributed by atoms with Crippen LogP contribution in [-0.4, -0.2) is 28.2 Å². The monoisotopic (exact) mass is 364 g/mol. The molecule has 2 rings (SSSR count). The highest BCUT2D eigenvalue weighted by Gasteiger charge is 2.33. The molecule has 10 heteroatoms. The van der Waals surface area contributed by atoms with E-state index in [1.165, 1.54) is 13.2 Å². The molecule has 0 saturated heterocycles. The molecular formula is C11H8BrF3N4O2. The van der Waals surface area contributed by atoms with Crippen LogP contribution in [0.15, 0.2) is 22.7 Å². The van der Waals surface area contributed by atoms with Crippen LogP contribution in [0.4, 0.5) is 19.1 Å². The molecule has 0 aliphatic rings. The number of methoxy groups -OCH3 is 1. The quantitative estimate of drug-likeness (QED) is 0.877. The van der Waals surface area contributed by atoms with Crippen molar-refractivity contribution in [3.63, 3.8) is 0 Å². The molecule has 0 saturated carbocycles. The first-order valence-corrected chi connectivity index (χ1v) is 6.25. The van der Waals surface area contributed by atoms with Crippen molar-refractivity contribution in [1.82, 2.24) is 15.2 Å². The highest BCUT2D eigenvalue weighted by molar-refractivity contribution is 9.10. The zero-order valence-corrected chi connectivity index (χ0v) is 12.0. The van der Waals surface area contributed by atoms with E-state index in [1.54, 1.807) is 0 Å². The van der Waals surface area contributed by atoms with Crippen LogP contribution >= 0.6 is 15.9 Å². The Hall–Kier alpha value is -2.10. The van der Waals surface area contributed by atoms with Gasteiger partial charge in [-0.05, 0) is 18.2 Å². The Labute approximate surface area is 124 Å². The Morgan fingerprint density at radius 3 is 2.71 bits per heavy atom. The Morgan fingerprint density at radius 1 is 1.43 bits per heavy atom. The second-order valence-electron chi connectivity index (χ2n) is 3.82.